The second-order valence-corrected chi connectivity index (χ2v) is 4.64. The number of rotatable bonds is 2. The highest BCUT2D eigenvalue weighted by Gasteiger charge is 2.62. The molecule has 0 aliphatic carbocycles. The summed E-state index contributed by atoms with van der Waals surface area (Å²) in [4.78, 5) is 12.1. The molecular weight excluding hydrogens is 277 g/mol. The van der Waals surface area contributed by atoms with Crippen molar-refractivity contribution in [1.29, 1.82) is 0 Å². The largest absolute Gasteiger partial charge is 0.438 e. The van der Waals surface area contributed by atoms with E-state index in [2.05, 4.69) is 10.2 Å². The predicted octanol–water partition coefficient (Wildman–Crippen LogP) is 1.22. The Hall–Kier alpha value is -1.90. The van der Waals surface area contributed by atoms with E-state index in [9.17, 15) is 23.1 Å². The standard InChI is InChI=1S/C11H13F3N4O2/c1-7-5-16-17(6-7)8(2)9(19)18-10(20,3-4-15-18)11(12,13)14/h4-6,8,20H,3H2,1-2H3. The third kappa shape index (κ3) is 2.17. The van der Waals surface area contributed by atoms with Gasteiger partial charge in [-0.15, -0.1) is 0 Å². The lowest BCUT2D eigenvalue weighted by atomic mass is 10.1. The Bertz CT molecular complexity index is 554. The van der Waals surface area contributed by atoms with Crippen molar-refractivity contribution in [2.45, 2.75) is 38.2 Å². The van der Waals surface area contributed by atoms with Crippen molar-refractivity contribution >= 4 is 12.1 Å². The fourth-order valence-corrected chi connectivity index (χ4v) is 1.84. The zero-order valence-electron chi connectivity index (χ0n) is 10.8. The Labute approximate surface area is 112 Å². The van der Waals surface area contributed by atoms with E-state index in [0.29, 0.717) is 0 Å². The smallest absolute Gasteiger partial charge is 0.362 e. The molecule has 0 spiro atoms. The molecular formula is C11H13F3N4O2. The van der Waals surface area contributed by atoms with Gasteiger partial charge in [0.1, 0.15) is 6.04 Å². The summed E-state index contributed by atoms with van der Waals surface area (Å²) in [7, 11) is 0. The monoisotopic (exact) mass is 290 g/mol. The molecule has 20 heavy (non-hydrogen) atoms. The summed E-state index contributed by atoms with van der Waals surface area (Å²) in [5.41, 5.74) is -2.53. The number of halogens is 3. The van der Waals surface area contributed by atoms with Crippen LogP contribution in [0.1, 0.15) is 24.9 Å². The summed E-state index contributed by atoms with van der Waals surface area (Å²) in [6.45, 7) is 3.13. The number of carbonyl (C=O) groups excluding carboxylic acids is 1. The highest BCUT2D eigenvalue weighted by Crippen LogP contribution is 2.39. The Balaban J connectivity index is 2.26. The zero-order chi connectivity index (χ0) is 15.1. The molecule has 2 atom stereocenters. The van der Waals surface area contributed by atoms with E-state index < -0.39 is 30.3 Å². The van der Waals surface area contributed by atoms with Gasteiger partial charge in [0.25, 0.3) is 11.6 Å². The van der Waals surface area contributed by atoms with Crippen LogP contribution < -0.4 is 0 Å². The molecule has 2 rings (SSSR count). The van der Waals surface area contributed by atoms with Crippen LogP contribution in [0.15, 0.2) is 17.5 Å². The number of carbonyl (C=O) groups is 1. The molecule has 110 valence electrons. The summed E-state index contributed by atoms with van der Waals surface area (Å²) >= 11 is 0. The molecule has 0 saturated carbocycles. The number of aromatic nitrogens is 2. The van der Waals surface area contributed by atoms with E-state index in [1.807, 2.05) is 0 Å². The lowest BCUT2D eigenvalue weighted by Gasteiger charge is -2.33. The van der Waals surface area contributed by atoms with Gasteiger partial charge in [0.2, 0.25) is 0 Å². The number of hydrazone groups is 1. The first-order chi connectivity index (χ1) is 9.17. The van der Waals surface area contributed by atoms with Gasteiger partial charge in [0.05, 0.1) is 6.20 Å². The number of aliphatic hydroxyl groups is 1. The maximum absolute atomic E-state index is 12.9. The molecule has 0 radical (unpaired) electrons. The molecule has 9 heteroatoms. The average Bonchev–Trinajstić information content (AvgIpc) is 2.93. The Morgan fingerprint density at radius 3 is 2.70 bits per heavy atom. The highest BCUT2D eigenvalue weighted by atomic mass is 19.4. The van der Waals surface area contributed by atoms with Gasteiger partial charge in [-0.1, -0.05) is 0 Å². The first-order valence-electron chi connectivity index (χ1n) is 5.83. The van der Waals surface area contributed by atoms with Gasteiger partial charge in [0.15, 0.2) is 0 Å². The van der Waals surface area contributed by atoms with Crippen molar-refractivity contribution in [1.82, 2.24) is 14.8 Å². The lowest BCUT2D eigenvalue weighted by molar-refractivity contribution is -0.302. The summed E-state index contributed by atoms with van der Waals surface area (Å²) in [6, 6.07) is -1.01. The number of nitrogens with zero attached hydrogens (tertiary/aromatic N) is 4. The maximum Gasteiger partial charge on any atom is 0.438 e. The normalized spacial score (nSPS) is 24.2. The van der Waals surface area contributed by atoms with Gasteiger partial charge in [-0.3, -0.25) is 9.48 Å². The van der Waals surface area contributed by atoms with Crippen molar-refractivity contribution in [3.05, 3.63) is 18.0 Å². The average molecular weight is 290 g/mol. The van der Waals surface area contributed by atoms with Crippen molar-refractivity contribution in [2.24, 2.45) is 5.10 Å². The number of amides is 1. The highest BCUT2D eigenvalue weighted by molar-refractivity contribution is 5.83. The van der Waals surface area contributed by atoms with Crippen LogP contribution in [-0.4, -0.2) is 43.9 Å². The van der Waals surface area contributed by atoms with Gasteiger partial charge in [0, 0.05) is 18.8 Å². The van der Waals surface area contributed by atoms with E-state index in [4.69, 9.17) is 0 Å². The zero-order valence-corrected chi connectivity index (χ0v) is 10.8. The summed E-state index contributed by atoms with van der Waals surface area (Å²) in [5.74, 6) is -0.985. The van der Waals surface area contributed by atoms with Crippen LogP contribution in [0.5, 0.6) is 0 Å². The van der Waals surface area contributed by atoms with Gasteiger partial charge < -0.3 is 5.11 Å². The number of aryl methyl sites for hydroxylation is 1. The minimum absolute atomic E-state index is 0.0781. The van der Waals surface area contributed by atoms with Gasteiger partial charge in [-0.05, 0) is 19.4 Å². The van der Waals surface area contributed by atoms with Gasteiger partial charge >= 0.3 is 6.18 Å². The molecule has 2 unspecified atom stereocenters. The van der Waals surface area contributed by atoms with E-state index in [-0.39, 0.29) is 5.01 Å². The Kier molecular flexibility index (Phi) is 3.32. The maximum atomic E-state index is 12.9. The van der Waals surface area contributed by atoms with E-state index in [1.165, 1.54) is 24.0 Å². The van der Waals surface area contributed by atoms with Crippen molar-refractivity contribution in [2.75, 3.05) is 0 Å². The molecule has 1 aromatic rings. The predicted molar refractivity (Wildman–Crippen MR) is 62.6 cm³/mol. The van der Waals surface area contributed by atoms with Crippen LogP contribution >= 0.6 is 0 Å². The Morgan fingerprint density at radius 1 is 1.55 bits per heavy atom. The molecule has 0 fully saturated rings. The first-order valence-corrected chi connectivity index (χ1v) is 5.83. The first kappa shape index (κ1) is 14.5. The van der Waals surface area contributed by atoms with Crippen LogP contribution in [0.2, 0.25) is 0 Å². The van der Waals surface area contributed by atoms with Crippen LogP contribution in [0, 0.1) is 6.92 Å². The fraction of sp³-hybridized carbons (Fsp3) is 0.545. The fourth-order valence-electron chi connectivity index (χ4n) is 1.84. The quantitative estimate of drug-likeness (QED) is 0.890. The molecule has 2 heterocycles. The van der Waals surface area contributed by atoms with Crippen molar-refractivity contribution in [3.63, 3.8) is 0 Å². The van der Waals surface area contributed by atoms with Crippen LogP contribution in [0.3, 0.4) is 0 Å². The molecule has 0 aromatic carbocycles. The van der Waals surface area contributed by atoms with Gasteiger partial charge in [-0.25, -0.2) is 0 Å². The van der Waals surface area contributed by atoms with Crippen molar-refractivity contribution < 1.29 is 23.1 Å². The number of hydrogen-bond donors (Lipinski definition) is 1. The van der Waals surface area contributed by atoms with Gasteiger partial charge in [-0.2, -0.15) is 28.4 Å². The molecule has 0 saturated heterocycles. The third-order valence-corrected chi connectivity index (χ3v) is 3.07. The molecule has 1 aromatic heterocycles. The topological polar surface area (TPSA) is 70.7 Å². The summed E-state index contributed by atoms with van der Waals surface area (Å²) < 4.78 is 39.9. The number of hydrogen-bond acceptors (Lipinski definition) is 4. The van der Waals surface area contributed by atoms with Crippen LogP contribution in [-0.2, 0) is 4.79 Å². The SMILES string of the molecule is Cc1cnn(C(C)C(=O)N2N=CCC2(O)C(F)(F)F)c1. The van der Waals surface area contributed by atoms with Crippen molar-refractivity contribution in [3.8, 4) is 0 Å². The molecule has 1 aliphatic rings. The molecule has 1 amide bonds. The minimum Gasteiger partial charge on any atom is -0.362 e. The molecule has 0 bridgehead atoms. The lowest BCUT2D eigenvalue weighted by Crippen LogP contribution is -2.57. The van der Waals surface area contributed by atoms with Crippen LogP contribution in [0.25, 0.3) is 0 Å². The summed E-state index contributed by atoms with van der Waals surface area (Å²) in [6.07, 6.45) is -1.90. The molecule has 1 N–H and O–H groups in total. The summed E-state index contributed by atoms with van der Waals surface area (Å²) in [5, 5.41) is 17.0. The van der Waals surface area contributed by atoms with E-state index in [1.54, 1.807) is 6.92 Å². The van der Waals surface area contributed by atoms with E-state index in [0.717, 1.165) is 11.8 Å². The second kappa shape index (κ2) is 4.58. The minimum atomic E-state index is -4.99. The second-order valence-electron chi connectivity index (χ2n) is 4.64. The number of alkyl halides is 3. The molecule has 1 aliphatic heterocycles. The molecule has 6 nitrogen and oxygen atoms in total. The Morgan fingerprint density at radius 2 is 2.20 bits per heavy atom. The third-order valence-electron chi connectivity index (χ3n) is 3.07. The van der Waals surface area contributed by atoms with Crippen LogP contribution in [0.4, 0.5) is 13.2 Å². The van der Waals surface area contributed by atoms with E-state index >= 15 is 0 Å².